The molecule has 0 unspecified atom stereocenters. The minimum absolute atomic E-state index is 0.206. The molecule has 24 heavy (non-hydrogen) atoms. The summed E-state index contributed by atoms with van der Waals surface area (Å²) in [6.07, 6.45) is -0.168. The largest absolute Gasteiger partial charge is 0.375 e. The lowest BCUT2D eigenvalue weighted by atomic mass is 10.2. The maximum absolute atomic E-state index is 13.9. The lowest BCUT2D eigenvalue weighted by Gasteiger charge is -2.27. The van der Waals surface area contributed by atoms with Crippen LogP contribution >= 0.6 is 11.3 Å². The van der Waals surface area contributed by atoms with Crippen molar-refractivity contribution in [3.05, 3.63) is 34.1 Å². The van der Waals surface area contributed by atoms with Crippen molar-refractivity contribution in [1.29, 1.82) is 0 Å². The monoisotopic (exact) mass is 354 g/mol. The van der Waals surface area contributed by atoms with Gasteiger partial charge in [0.25, 0.3) is 5.89 Å². The molecule has 2 aromatic rings. The number of hydrogen-bond donors (Lipinski definition) is 0. The maximum Gasteiger partial charge on any atom is 0.252 e. The first kappa shape index (κ1) is 17.5. The van der Waals surface area contributed by atoms with E-state index < -0.39 is 6.17 Å². The van der Waals surface area contributed by atoms with Gasteiger partial charge in [-0.3, -0.25) is 9.80 Å². The van der Waals surface area contributed by atoms with Gasteiger partial charge in [-0.15, -0.1) is 11.3 Å². The van der Waals surface area contributed by atoms with Gasteiger partial charge < -0.3 is 9.26 Å². The highest BCUT2D eigenvalue weighted by atomic mass is 32.1. The Balaban J connectivity index is 1.54. The number of likely N-dealkylation sites (tertiary alicyclic amines) is 1. The van der Waals surface area contributed by atoms with Gasteiger partial charge in [0.15, 0.2) is 5.82 Å². The summed E-state index contributed by atoms with van der Waals surface area (Å²) < 4.78 is 24.0. The Kier molecular flexibility index (Phi) is 5.94. The third-order valence-electron chi connectivity index (χ3n) is 4.13. The standard InChI is InChI=1S/C16H23FN4O2S/c1-20(10-15-18-16(11-22-2)23-19-15)8-13-6-12(17)7-21(13)9-14-4-3-5-24-14/h3-5,12-13H,6-11H2,1-2H3/t12-,13-/m0/s1. The van der Waals surface area contributed by atoms with Gasteiger partial charge in [0.2, 0.25) is 0 Å². The second-order valence-corrected chi connectivity index (χ2v) is 7.26. The number of thiophene rings is 1. The summed E-state index contributed by atoms with van der Waals surface area (Å²) in [6, 6.07) is 4.35. The predicted octanol–water partition coefficient (Wildman–Crippen LogP) is 2.32. The van der Waals surface area contributed by atoms with Crippen molar-refractivity contribution in [2.24, 2.45) is 0 Å². The Morgan fingerprint density at radius 1 is 1.54 bits per heavy atom. The van der Waals surface area contributed by atoms with Gasteiger partial charge >= 0.3 is 0 Å². The fourth-order valence-corrected chi connectivity index (χ4v) is 3.84. The molecular formula is C16H23FN4O2S. The number of rotatable bonds is 8. The Hall–Kier alpha value is -1.35. The van der Waals surface area contributed by atoms with Crippen molar-refractivity contribution in [3.63, 3.8) is 0 Å². The number of ether oxygens (including phenoxy) is 1. The van der Waals surface area contributed by atoms with Crippen LogP contribution in [-0.2, 0) is 24.4 Å². The fourth-order valence-electron chi connectivity index (χ4n) is 3.11. The van der Waals surface area contributed by atoms with E-state index in [0.717, 1.165) is 13.1 Å². The van der Waals surface area contributed by atoms with Crippen LogP contribution < -0.4 is 0 Å². The van der Waals surface area contributed by atoms with Crippen LogP contribution in [0.3, 0.4) is 0 Å². The average Bonchev–Trinajstić information content (AvgIpc) is 3.24. The zero-order chi connectivity index (χ0) is 16.9. The van der Waals surface area contributed by atoms with Crippen LogP contribution in [0.2, 0.25) is 0 Å². The Morgan fingerprint density at radius 3 is 3.17 bits per heavy atom. The van der Waals surface area contributed by atoms with E-state index >= 15 is 0 Å². The topological polar surface area (TPSA) is 54.6 Å². The Labute approximate surface area is 145 Å². The summed E-state index contributed by atoms with van der Waals surface area (Å²) in [5.74, 6) is 1.11. The smallest absolute Gasteiger partial charge is 0.252 e. The summed E-state index contributed by atoms with van der Waals surface area (Å²) in [5, 5.41) is 6.01. The molecule has 3 rings (SSSR count). The van der Waals surface area contributed by atoms with Crippen molar-refractivity contribution in [3.8, 4) is 0 Å². The van der Waals surface area contributed by atoms with Crippen LogP contribution in [0.15, 0.2) is 22.0 Å². The first-order chi connectivity index (χ1) is 11.6. The van der Waals surface area contributed by atoms with E-state index in [-0.39, 0.29) is 6.04 Å². The van der Waals surface area contributed by atoms with Gasteiger partial charge in [-0.25, -0.2) is 4.39 Å². The van der Waals surface area contributed by atoms with Crippen LogP contribution in [0.4, 0.5) is 4.39 Å². The minimum Gasteiger partial charge on any atom is -0.375 e. The molecular weight excluding hydrogens is 331 g/mol. The van der Waals surface area contributed by atoms with Gasteiger partial charge in [-0.2, -0.15) is 4.98 Å². The summed E-state index contributed by atoms with van der Waals surface area (Å²) in [6.45, 7) is 3.00. The number of methoxy groups -OCH3 is 1. The molecule has 8 heteroatoms. The van der Waals surface area contributed by atoms with Crippen LogP contribution in [-0.4, -0.2) is 59.4 Å². The molecule has 2 atom stereocenters. The quantitative estimate of drug-likeness (QED) is 0.725. The van der Waals surface area contributed by atoms with Crippen LogP contribution in [0.1, 0.15) is 23.0 Å². The predicted molar refractivity (Wildman–Crippen MR) is 89.4 cm³/mol. The van der Waals surface area contributed by atoms with E-state index in [1.165, 1.54) is 4.88 Å². The summed E-state index contributed by atoms with van der Waals surface area (Å²) in [5.41, 5.74) is 0. The number of likely N-dealkylation sites (N-methyl/N-ethyl adjacent to an activating group) is 1. The van der Waals surface area contributed by atoms with Crippen molar-refractivity contribution in [1.82, 2.24) is 19.9 Å². The SMILES string of the molecule is COCc1nc(CN(C)C[C@@H]2C[C@H](F)CN2Cc2cccs2)no1. The first-order valence-electron chi connectivity index (χ1n) is 8.03. The molecule has 0 aromatic carbocycles. The molecule has 1 saturated heterocycles. The number of halogens is 1. The van der Waals surface area contributed by atoms with E-state index in [1.54, 1.807) is 18.4 Å². The van der Waals surface area contributed by atoms with Crippen LogP contribution in [0, 0.1) is 0 Å². The molecule has 1 aliphatic heterocycles. The minimum atomic E-state index is -0.748. The summed E-state index contributed by atoms with van der Waals surface area (Å²) in [7, 11) is 3.59. The number of alkyl halides is 1. The lowest BCUT2D eigenvalue weighted by molar-refractivity contribution is 0.151. The van der Waals surface area contributed by atoms with E-state index in [9.17, 15) is 4.39 Å². The highest BCUT2D eigenvalue weighted by molar-refractivity contribution is 7.09. The molecule has 0 aliphatic carbocycles. The molecule has 0 amide bonds. The van der Waals surface area contributed by atoms with Crippen LogP contribution in [0.5, 0.6) is 0 Å². The molecule has 1 aliphatic rings. The molecule has 3 heterocycles. The average molecular weight is 354 g/mol. The highest BCUT2D eigenvalue weighted by Gasteiger charge is 2.32. The molecule has 0 saturated carbocycles. The first-order valence-corrected chi connectivity index (χ1v) is 8.91. The second-order valence-electron chi connectivity index (χ2n) is 6.23. The molecule has 0 bridgehead atoms. The highest BCUT2D eigenvalue weighted by Crippen LogP contribution is 2.25. The Bertz CT molecular complexity index is 621. The number of aromatic nitrogens is 2. The summed E-state index contributed by atoms with van der Waals surface area (Å²) in [4.78, 5) is 9.91. The number of hydrogen-bond acceptors (Lipinski definition) is 7. The molecule has 1 fully saturated rings. The molecule has 2 aromatic heterocycles. The molecule has 0 spiro atoms. The van der Waals surface area contributed by atoms with Crippen LogP contribution in [0.25, 0.3) is 0 Å². The molecule has 6 nitrogen and oxygen atoms in total. The van der Waals surface area contributed by atoms with Crippen molar-refractivity contribution >= 4 is 11.3 Å². The molecule has 132 valence electrons. The third-order valence-corrected chi connectivity index (χ3v) is 4.99. The zero-order valence-electron chi connectivity index (χ0n) is 14.0. The fraction of sp³-hybridized carbons (Fsp3) is 0.625. The second kappa shape index (κ2) is 8.15. The van der Waals surface area contributed by atoms with Gasteiger partial charge in [0.05, 0.1) is 6.54 Å². The third kappa shape index (κ3) is 4.60. The van der Waals surface area contributed by atoms with E-state index in [4.69, 9.17) is 9.26 Å². The molecule has 0 N–H and O–H groups in total. The molecule has 0 radical (unpaired) electrons. The van der Waals surface area contributed by atoms with E-state index in [2.05, 4.69) is 31.4 Å². The van der Waals surface area contributed by atoms with Crippen molar-refractivity contribution < 1.29 is 13.7 Å². The number of nitrogens with zero attached hydrogens (tertiary/aromatic N) is 4. The zero-order valence-corrected chi connectivity index (χ0v) is 14.8. The van der Waals surface area contributed by atoms with Gasteiger partial charge in [0, 0.05) is 37.7 Å². The van der Waals surface area contributed by atoms with Crippen molar-refractivity contribution in [2.45, 2.75) is 38.3 Å². The van der Waals surface area contributed by atoms with Gasteiger partial charge in [0.1, 0.15) is 12.8 Å². The van der Waals surface area contributed by atoms with E-state index in [0.29, 0.717) is 37.8 Å². The van der Waals surface area contributed by atoms with E-state index in [1.807, 2.05) is 13.1 Å². The van der Waals surface area contributed by atoms with Gasteiger partial charge in [-0.1, -0.05) is 11.2 Å². The lowest BCUT2D eigenvalue weighted by Crippen LogP contribution is -2.38. The Morgan fingerprint density at radius 2 is 2.42 bits per heavy atom. The summed E-state index contributed by atoms with van der Waals surface area (Å²) >= 11 is 1.72. The van der Waals surface area contributed by atoms with Crippen molar-refractivity contribution in [2.75, 3.05) is 27.2 Å². The normalized spacial score (nSPS) is 21.8. The van der Waals surface area contributed by atoms with Gasteiger partial charge in [-0.05, 0) is 24.9 Å². The maximum atomic E-state index is 13.9.